The summed E-state index contributed by atoms with van der Waals surface area (Å²) in [6.45, 7) is 0.641. The molecule has 2 aromatic carbocycles. The number of carbonyl (C=O) groups excluding carboxylic acids is 1. The molecule has 7 heteroatoms. The number of aryl methyl sites for hydroxylation is 2. The van der Waals surface area contributed by atoms with Crippen LogP contribution in [0.1, 0.15) is 15.9 Å². The first-order valence-corrected chi connectivity index (χ1v) is 7.86. The molecule has 0 amide bonds. The average molecular weight is 360 g/mol. The minimum Gasteiger partial charge on any atom is -0.405 e. The van der Waals surface area contributed by atoms with Gasteiger partial charge in [-0.25, -0.2) is 0 Å². The average Bonchev–Trinajstić information content (AvgIpc) is 3.08. The second-order valence-electron chi connectivity index (χ2n) is 5.65. The van der Waals surface area contributed by atoms with E-state index >= 15 is 0 Å². The number of benzene rings is 2. The summed E-state index contributed by atoms with van der Waals surface area (Å²) in [7, 11) is 0. The molecule has 3 rings (SSSR count). The van der Waals surface area contributed by atoms with Crippen LogP contribution in [0.4, 0.5) is 13.2 Å². The van der Waals surface area contributed by atoms with E-state index in [4.69, 9.17) is 0 Å². The summed E-state index contributed by atoms with van der Waals surface area (Å²) in [5.74, 6) is -0.526. The number of hydrogen-bond acceptors (Lipinski definition) is 3. The van der Waals surface area contributed by atoms with Crippen LogP contribution in [0.25, 0.3) is 11.1 Å². The summed E-state index contributed by atoms with van der Waals surface area (Å²) in [5.41, 5.74) is 2.13. The van der Waals surface area contributed by atoms with Gasteiger partial charge in [0.05, 0.1) is 11.8 Å². The van der Waals surface area contributed by atoms with E-state index in [0.717, 1.165) is 6.42 Å². The smallest absolute Gasteiger partial charge is 0.405 e. The van der Waals surface area contributed by atoms with Crippen molar-refractivity contribution in [2.45, 2.75) is 19.3 Å². The Morgan fingerprint density at radius 1 is 1.08 bits per heavy atom. The van der Waals surface area contributed by atoms with Gasteiger partial charge in [-0.1, -0.05) is 36.4 Å². The highest BCUT2D eigenvalue weighted by atomic mass is 19.4. The molecule has 134 valence electrons. The van der Waals surface area contributed by atoms with Crippen LogP contribution >= 0.6 is 0 Å². The molecule has 0 atom stereocenters. The topological polar surface area (TPSA) is 44.1 Å². The van der Waals surface area contributed by atoms with Crippen molar-refractivity contribution in [3.63, 3.8) is 0 Å². The highest BCUT2D eigenvalue weighted by molar-refractivity contribution is 5.81. The Labute approximate surface area is 147 Å². The van der Waals surface area contributed by atoms with Gasteiger partial charge in [0.2, 0.25) is 0 Å². The maximum absolute atomic E-state index is 12.5. The Kier molecular flexibility index (Phi) is 5.06. The lowest BCUT2D eigenvalue weighted by molar-refractivity contribution is -0.274. The van der Waals surface area contributed by atoms with Gasteiger partial charge in [-0.2, -0.15) is 5.10 Å². The molecule has 0 aliphatic carbocycles. The predicted octanol–water partition coefficient (Wildman–Crippen LogP) is 4.50. The van der Waals surface area contributed by atoms with Gasteiger partial charge in [-0.15, -0.1) is 13.2 Å². The van der Waals surface area contributed by atoms with Gasteiger partial charge in [-0.3, -0.25) is 9.48 Å². The molecule has 1 heterocycles. The molecule has 0 saturated carbocycles. The standard InChI is InChI=1S/C19H15F3N2O2/c20-19(21,22)26-18-10-15(6-7-16(18)13-25)17-11-23-24(12-17)9-8-14-4-2-1-3-5-14/h1-7,10-13H,8-9H2. The van der Waals surface area contributed by atoms with Gasteiger partial charge in [0.15, 0.2) is 6.29 Å². The lowest BCUT2D eigenvalue weighted by atomic mass is 10.1. The SMILES string of the molecule is O=Cc1ccc(-c2cnn(CCc3ccccc3)c2)cc1OC(F)(F)F. The minimum absolute atomic E-state index is 0.164. The molecule has 26 heavy (non-hydrogen) atoms. The first-order valence-electron chi connectivity index (χ1n) is 7.86. The van der Waals surface area contributed by atoms with Gasteiger partial charge >= 0.3 is 6.36 Å². The number of aldehydes is 1. The molecule has 0 N–H and O–H groups in total. The lowest BCUT2D eigenvalue weighted by Crippen LogP contribution is -2.18. The van der Waals surface area contributed by atoms with E-state index in [1.54, 1.807) is 23.1 Å². The number of halogens is 3. The summed E-state index contributed by atoms with van der Waals surface area (Å²) >= 11 is 0. The van der Waals surface area contributed by atoms with Crippen molar-refractivity contribution in [3.8, 4) is 16.9 Å². The van der Waals surface area contributed by atoms with Crippen LogP contribution in [0.15, 0.2) is 60.9 Å². The van der Waals surface area contributed by atoms with E-state index < -0.39 is 12.1 Å². The fourth-order valence-corrected chi connectivity index (χ4v) is 2.55. The molecule has 0 saturated heterocycles. The Morgan fingerprint density at radius 3 is 2.54 bits per heavy atom. The van der Waals surface area contributed by atoms with E-state index in [9.17, 15) is 18.0 Å². The fraction of sp³-hybridized carbons (Fsp3) is 0.158. The second kappa shape index (κ2) is 7.43. The summed E-state index contributed by atoms with van der Waals surface area (Å²) in [6, 6.07) is 13.9. The van der Waals surface area contributed by atoms with Crippen molar-refractivity contribution in [2.24, 2.45) is 0 Å². The molecule has 0 bridgehead atoms. The molecule has 0 spiro atoms. The van der Waals surface area contributed by atoms with E-state index in [0.29, 0.717) is 24.0 Å². The Hall–Kier alpha value is -3.09. The number of ether oxygens (including phenoxy) is 1. The molecule has 0 unspecified atom stereocenters. The first-order chi connectivity index (χ1) is 12.4. The zero-order chi connectivity index (χ0) is 18.6. The third-order valence-corrected chi connectivity index (χ3v) is 3.81. The molecule has 0 fully saturated rings. The van der Waals surface area contributed by atoms with Crippen LogP contribution in [0.5, 0.6) is 5.75 Å². The Balaban J connectivity index is 1.78. The fourth-order valence-electron chi connectivity index (χ4n) is 2.55. The molecule has 1 aromatic heterocycles. The third-order valence-electron chi connectivity index (χ3n) is 3.81. The van der Waals surface area contributed by atoms with Crippen molar-refractivity contribution >= 4 is 6.29 Å². The number of aromatic nitrogens is 2. The van der Waals surface area contributed by atoms with E-state index in [-0.39, 0.29) is 5.56 Å². The molecule has 0 aliphatic heterocycles. The Morgan fingerprint density at radius 2 is 1.85 bits per heavy atom. The minimum atomic E-state index is -4.86. The van der Waals surface area contributed by atoms with Gasteiger partial charge in [-0.05, 0) is 29.7 Å². The predicted molar refractivity (Wildman–Crippen MR) is 89.9 cm³/mol. The highest BCUT2D eigenvalue weighted by Crippen LogP contribution is 2.30. The highest BCUT2D eigenvalue weighted by Gasteiger charge is 2.32. The summed E-state index contributed by atoms with van der Waals surface area (Å²) < 4.78 is 43.2. The zero-order valence-corrected chi connectivity index (χ0v) is 13.6. The van der Waals surface area contributed by atoms with Crippen LogP contribution in [0.2, 0.25) is 0 Å². The lowest BCUT2D eigenvalue weighted by Gasteiger charge is -2.11. The molecular formula is C19H15F3N2O2. The zero-order valence-electron chi connectivity index (χ0n) is 13.6. The number of nitrogens with zero attached hydrogens (tertiary/aromatic N) is 2. The van der Waals surface area contributed by atoms with E-state index in [1.807, 2.05) is 30.3 Å². The van der Waals surface area contributed by atoms with Crippen LogP contribution in [0.3, 0.4) is 0 Å². The summed E-state index contributed by atoms with van der Waals surface area (Å²) in [4.78, 5) is 10.9. The summed E-state index contributed by atoms with van der Waals surface area (Å²) in [5, 5.41) is 4.24. The number of carbonyl (C=O) groups is 1. The van der Waals surface area contributed by atoms with Crippen LogP contribution in [0, 0.1) is 0 Å². The number of hydrogen-bond donors (Lipinski definition) is 0. The number of alkyl halides is 3. The molecule has 4 nitrogen and oxygen atoms in total. The van der Waals surface area contributed by atoms with Gasteiger partial charge in [0.1, 0.15) is 5.75 Å². The normalized spacial score (nSPS) is 11.3. The summed E-state index contributed by atoms with van der Waals surface area (Å²) in [6.07, 6.45) is -0.437. The van der Waals surface area contributed by atoms with Crippen molar-refractivity contribution in [2.75, 3.05) is 0 Å². The quantitative estimate of drug-likeness (QED) is 0.608. The maximum Gasteiger partial charge on any atom is 0.573 e. The maximum atomic E-state index is 12.5. The van der Waals surface area contributed by atoms with Gasteiger partial charge < -0.3 is 4.74 Å². The van der Waals surface area contributed by atoms with Crippen molar-refractivity contribution in [3.05, 3.63) is 72.1 Å². The molecule has 0 radical (unpaired) electrons. The molecular weight excluding hydrogens is 345 g/mol. The monoisotopic (exact) mass is 360 g/mol. The Bertz CT molecular complexity index is 889. The van der Waals surface area contributed by atoms with Gasteiger partial charge in [0, 0.05) is 18.3 Å². The van der Waals surface area contributed by atoms with E-state index in [2.05, 4.69) is 9.84 Å². The second-order valence-corrected chi connectivity index (χ2v) is 5.65. The van der Waals surface area contributed by atoms with Crippen molar-refractivity contribution < 1.29 is 22.7 Å². The number of rotatable bonds is 6. The van der Waals surface area contributed by atoms with E-state index in [1.165, 1.54) is 17.7 Å². The van der Waals surface area contributed by atoms with Crippen LogP contribution in [-0.4, -0.2) is 22.4 Å². The first kappa shape index (κ1) is 17.7. The van der Waals surface area contributed by atoms with Gasteiger partial charge in [0.25, 0.3) is 0 Å². The van der Waals surface area contributed by atoms with Crippen molar-refractivity contribution in [1.82, 2.24) is 9.78 Å². The van der Waals surface area contributed by atoms with Crippen LogP contribution in [-0.2, 0) is 13.0 Å². The van der Waals surface area contributed by atoms with Crippen LogP contribution < -0.4 is 4.74 Å². The molecule has 0 aliphatic rings. The molecule has 3 aromatic rings. The van der Waals surface area contributed by atoms with Crippen molar-refractivity contribution in [1.29, 1.82) is 0 Å². The largest absolute Gasteiger partial charge is 0.573 e. The third kappa shape index (κ3) is 4.50.